The van der Waals surface area contributed by atoms with Crippen LogP contribution in [0.5, 0.6) is 5.75 Å². The summed E-state index contributed by atoms with van der Waals surface area (Å²) in [6.07, 6.45) is 0. The highest BCUT2D eigenvalue weighted by molar-refractivity contribution is 5.95. The number of benzene rings is 1. The zero-order chi connectivity index (χ0) is 10.7. The number of carbonyl (C=O) groups is 1. The molecule has 1 rings (SSSR count). The van der Waals surface area contributed by atoms with Crippen molar-refractivity contribution < 1.29 is 18.3 Å². The van der Waals surface area contributed by atoms with Crippen molar-refractivity contribution in [2.45, 2.75) is 13.5 Å². The van der Waals surface area contributed by atoms with Crippen molar-refractivity contribution in [3.05, 3.63) is 29.3 Å². The van der Waals surface area contributed by atoms with Gasteiger partial charge >= 0.3 is 6.61 Å². The van der Waals surface area contributed by atoms with Crippen molar-refractivity contribution in [2.24, 2.45) is 5.73 Å². The van der Waals surface area contributed by atoms with Gasteiger partial charge in [-0.1, -0.05) is 11.6 Å². The highest BCUT2D eigenvalue weighted by atomic mass is 19.3. The van der Waals surface area contributed by atoms with Crippen LogP contribution >= 0.6 is 0 Å². The zero-order valence-corrected chi connectivity index (χ0v) is 7.46. The normalized spacial score (nSPS) is 10.3. The maximum atomic E-state index is 11.9. The van der Waals surface area contributed by atoms with Crippen LogP contribution in [0.4, 0.5) is 8.78 Å². The van der Waals surface area contributed by atoms with E-state index in [1.54, 1.807) is 13.0 Å². The third-order valence-electron chi connectivity index (χ3n) is 1.62. The molecule has 5 heteroatoms. The molecule has 3 nitrogen and oxygen atoms in total. The molecular formula is C9H9F2NO2. The summed E-state index contributed by atoms with van der Waals surface area (Å²) in [6.45, 7) is -1.24. The first-order valence-corrected chi connectivity index (χ1v) is 3.86. The Hall–Kier alpha value is -1.65. The van der Waals surface area contributed by atoms with Crippen molar-refractivity contribution in [1.29, 1.82) is 0 Å². The van der Waals surface area contributed by atoms with E-state index in [1.807, 2.05) is 0 Å². The number of alkyl halides is 2. The van der Waals surface area contributed by atoms with Gasteiger partial charge in [0.2, 0.25) is 0 Å². The molecule has 2 N–H and O–H groups in total. The van der Waals surface area contributed by atoms with Crippen molar-refractivity contribution in [3.8, 4) is 5.75 Å². The lowest BCUT2D eigenvalue weighted by Gasteiger charge is -2.08. The fraction of sp³-hybridized carbons (Fsp3) is 0.222. The molecule has 0 spiro atoms. The molecule has 76 valence electrons. The summed E-state index contributed by atoms with van der Waals surface area (Å²) >= 11 is 0. The summed E-state index contributed by atoms with van der Waals surface area (Å²) in [6, 6.07) is 4.26. The highest BCUT2D eigenvalue weighted by Gasteiger charge is 2.13. The fourth-order valence-electron chi connectivity index (χ4n) is 1.04. The minimum Gasteiger partial charge on any atom is -0.434 e. The van der Waals surface area contributed by atoms with Gasteiger partial charge in [-0.15, -0.1) is 0 Å². The molecule has 0 aliphatic rings. The van der Waals surface area contributed by atoms with E-state index in [0.29, 0.717) is 0 Å². The third-order valence-corrected chi connectivity index (χ3v) is 1.62. The molecule has 0 bridgehead atoms. The lowest BCUT2D eigenvalue weighted by atomic mass is 10.1. The number of hydrogen-bond donors (Lipinski definition) is 1. The van der Waals surface area contributed by atoms with Gasteiger partial charge in [0.25, 0.3) is 5.91 Å². The molecule has 0 aromatic heterocycles. The lowest BCUT2D eigenvalue weighted by Crippen LogP contribution is -2.14. The maximum absolute atomic E-state index is 11.9. The van der Waals surface area contributed by atoms with E-state index in [-0.39, 0.29) is 11.3 Å². The van der Waals surface area contributed by atoms with Gasteiger partial charge < -0.3 is 10.5 Å². The molecule has 1 amide bonds. The summed E-state index contributed by atoms with van der Waals surface area (Å²) < 4.78 is 27.9. The zero-order valence-electron chi connectivity index (χ0n) is 7.46. The summed E-state index contributed by atoms with van der Waals surface area (Å²) in [4.78, 5) is 10.9. The maximum Gasteiger partial charge on any atom is 0.387 e. The first kappa shape index (κ1) is 10.4. The van der Waals surface area contributed by atoms with Gasteiger partial charge in [-0.2, -0.15) is 8.78 Å². The Morgan fingerprint density at radius 2 is 2.14 bits per heavy atom. The van der Waals surface area contributed by atoms with Crippen molar-refractivity contribution in [2.75, 3.05) is 0 Å². The molecule has 0 aliphatic heterocycles. The second kappa shape index (κ2) is 4.04. The van der Waals surface area contributed by atoms with Crippen LogP contribution in [0.25, 0.3) is 0 Å². The largest absolute Gasteiger partial charge is 0.434 e. The Kier molecular flexibility index (Phi) is 3.01. The fourth-order valence-corrected chi connectivity index (χ4v) is 1.04. The van der Waals surface area contributed by atoms with E-state index < -0.39 is 12.5 Å². The Morgan fingerprint density at radius 1 is 1.50 bits per heavy atom. The van der Waals surface area contributed by atoms with Gasteiger partial charge in [0, 0.05) is 0 Å². The summed E-state index contributed by atoms with van der Waals surface area (Å²) in [5.74, 6) is -0.984. The predicted molar refractivity (Wildman–Crippen MR) is 46.3 cm³/mol. The number of aryl methyl sites for hydroxylation is 1. The monoisotopic (exact) mass is 201 g/mol. The van der Waals surface area contributed by atoms with Crippen LogP contribution in [-0.2, 0) is 0 Å². The van der Waals surface area contributed by atoms with Crippen LogP contribution in [0, 0.1) is 6.92 Å². The first-order chi connectivity index (χ1) is 6.50. The number of ether oxygens (including phenoxy) is 1. The molecule has 0 unspecified atom stereocenters. The molecule has 0 aliphatic carbocycles. The molecule has 14 heavy (non-hydrogen) atoms. The molecule has 1 aromatic carbocycles. The molecule has 1 aromatic rings. The van der Waals surface area contributed by atoms with Crippen molar-refractivity contribution in [1.82, 2.24) is 0 Å². The number of amides is 1. The second-order valence-corrected chi connectivity index (χ2v) is 2.74. The Labute approximate surface area is 79.5 Å². The van der Waals surface area contributed by atoms with Gasteiger partial charge in [0.05, 0.1) is 5.56 Å². The molecule has 0 saturated heterocycles. The van der Waals surface area contributed by atoms with Gasteiger partial charge in [-0.25, -0.2) is 0 Å². The SMILES string of the molecule is Cc1ccc(OC(F)F)c(C(N)=O)c1. The minimum absolute atomic E-state index is 0.0368. The number of primary amides is 1. The minimum atomic E-state index is -2.96. The van der Waals surface area contributed by atoms with E-state index in [2.05, 4.69) is 4.74 Å². The van der Waals surface area contributed by atoms with Crippen molar-refractivity contribution in [3.63, 3.8) is 0 Å². The summed E-state index contributed by atoms with van der Waals surface area (Å²) in [7, 11) is 0. The van der Waals surface area contributed by atoms with Gasteiger partial charge in [-0.3, -0.25) is 4.79 Å². The molecule has 0 fully saturated rings. The average molecular weight is 201 g/mol. The van der Waals surface area contributed by atoms with Gasteiger partial charge in [0.1, 0.15) is 5.75 Å². The van der Waals surface area contributed by atoms with Crippen LogP contribution in [0.15, 0.2) is 18.2 Å². The number of hydrogen-bond acceptors (Lipinski definition) is 2. The van der Waals surface area contributed by atoms with E-state index >= 15 is 0 Å². The lowest BCUT2D eigenvalue weighted by molar-refractivity contribution is -0.0501. The molecular weight excluding hydrogens is 192 g/mol. The number of carbonyl (C=O) groups excluding carboxylic acids is 1. The topological polar surface area (TPSA) is 52.3 Å². The molecule has 0 radical (unpaired) electrons. The summed E-state index contributed by atoms with van der Waals surface area (Å²) in [5, 5.41) is 0. The standard InChI is InChI=1S/C9H9F2NO2/c1-5-2-3-7(14-9(10)11)6(4-5)8(12)13/h2-4,9H,1H3,(H2,12,13). The smallest absolute Gasteiger partial charge is 0.387 e. The predicted octanol–water partition coefficient (Wildman–Crippen LogP) is 1.70. The highest BCUT2D eigenvalue weighted by Crippen LogP contribution is 2.21. The molecule has 0 atom stereocenters. The van der Waals surface area contributed by atoms with Crippen LogP contribution in [0.3, 0.4) is 0 Å². The van der Waals surface area contributed by atoms with E-state index in [9.17, 15) is 13.6 Å². The van der Waals surface area contributed by atoms with Crippen molar-refractivity contribution >= 4 is 5.91 Å². The van der Waals surface area contributed by atoms with Crippen LogP contribution in [-0.4, -0.2) is 12.5 Å². The summed E-state index contributed by atoms with van der Waals surface area (Å²) in [5.41, 5.74) is 5.71. The number of rotatable bonds is 3. The average Bonchev–Trinajstić information content (AvgIpc) is 2.07. The third kappa shape index (κ3) is 2.42. The van der Waals surface area contributed by atoms with Crippen LogP contribution < -0.4 is 10.5 Å². The van der Waals surface area contributed by atoms with Crippen LogP contribution in [0.2, 0.25) is 0 Å². The second-order valence-electron chi connectivity index (χ2n) is 2.74. The Morgan fingerprint density at radius 3 is 2.64 bits per heavy atom. The molecule has 0 heterocycles. The van der Waals surface area contributed by atoms with E-state index in [1.165, 1.54) is 12.1 Å². The molecule has 0 saturated carbocycles. The number of nitrogens with two attached hydrogens (primary N) is 1. The Bertz CT molecular complexity index is 353. The quantitative estimate of drug-likeness (QED) is 0.809. The van der Waals surface area contributed by atoms with Crippen LogP contribution in [0.1, 0.15) is 15.9 Å². The number of halogens is 2. The Balaban J connectivity index is 3.08. The van der Waals surface area contributed by atoms with Gasteiger partial charge in [-0.05, 0) is 19.1 Å². The van der Waals surface area contributed by atoms with Gasteiger partial charge in [0.15, 0.2) is 0 Å². The van der Waals surface area contributed by atoms with E-state index in [4.69, 9.17) is 5.73 Å². The van der Waals surface area contributed by atoms with E-state index in [0.717, 1.165) is 5.56 Å². The first-order valence-electron chi connectivity index (χ1n) is 3.86.